The summed E-state index contributed by atoms with van der Waals surface area (Å²) in [6, 6.07) is 12.3. The number of benzene rings is 2. The number of nitro benzene ring substituents is 1. The Bertz CT molecular complexity index is 1500. The molecule has 4 rings (SSSR count). The highest BCUT2D eigenvalue weighted by Gasteiger charge is 2.26. The second-order valence-corrected chi connectivity index (χ2v) is 11.0. The van der Waals surface area contributed by atoms with Gasteiger partial charge in [-0.1, -0.05) is 55.4 Å². The first-order valence-corrected chi connectivity index (χ1v) is 14.0. The minimum Gasteiger partial charge on any atom is -0.342 e. The number of nitrogens with zero attached hydrogens (tertiary/aromatic N) is 5. The van der Waals surface area contributed by atoms with Crippen LogP contribution in [0.2, 0.25) is 5.02 Å². The largest absolute Gasteiger partial charge is 0.342 e. The van der Waals surface area contributed by atoms with E-state index in [1.54, 1.807) is 23.7 Å². The number of thioether (sulfide) groups is 1. The van der Waals surface area contributed by atoms with Crippen molar-refractivity contribution in [2.45, 2.75) is 25.0 Å². The Morgan fingerprint density at radius 2 is 1.92 bits per heavy atom. The van der Waals surface area contributed by atoms with E-state index in [2.05, 4.69) is 25.8 Å². The Hall–Kier alpha value is -3.81. The van der Waals surface area contributed by atoms with Crippen LogP contribution >= 0.6 is 34.7 Å². The highest BCUT2D eigenvalue weighted by atomic mass is 35.5. The van der Waals surface area contributed by atoms with Gasteiger partial charge in [0.2, 0.25) is 5.91 Å². The molecule has 1 atom stereocenters. The van der Waals surface area contributed by atoms with Crippen molar-refractivity contribution < 1.29 is 14.5 Å². The Balaban J connectivity index is 1.38. The van der Waals surface area contributed by atoms with Gasteiger partial charge in [0.1, 0.15) is 0 Å². The number of halogens is 1. The summed E-state index contributed by atoms with van der Waals surface area (Å²) in [7, 11) is 1.75. The Morgan fingerprint density at radius 1 is 1.18 bits per heavy atom. The van der Waals surface area contributed by atoms with Gasteiger partial charge in [-0.25, -0.2) is 4.98 Å². The first-order chi connectivity index (χ1) is 18.6. The molecule has 2 amide bonds. The molecular formula is C25H24ClN7O4S2. The van der Waals surface area contributed by atoms with E-state index >= 15 is 0 Å². The molecule has 2 aromatic carbocycles. The Labute approximate surface area is 237 Å². The number of hydrogen-bond donors (Lipinski definition) is 2. The average molecular weight is 586 g/mol. The van der Waals surface area contributed by atoms with Crippen molar-refractivity contribution >= 4 is 57.3 Å². The summed E-state index contributed by atoms with van der Waals surface area (Å²) >= 11 is 8.46. The molecule has 0 fully saturated rings. The number of carbonyl (C=O) groups excluding carboxylic acids is 2. The molecule has 2 aromatic heterocycles. The van der Waals surface area contributed by atoms with Gasteiger partial charge < -0.3 is 15.2 Å². The molecule has 2 N–H and O–H groups in total. The van der Waals surface area contributed by atoms with Gasteiger partial charge in [-0.2, -0.15) is 0 Å². The van der Waals surface area contributed by atoms with Crippen molar-refractivity contribution in [1.29, 1.82) is 0 Å². The van der Waals surface area contributed by atoms with E-state index in [1.807, 2.05) is 31.4 Å². The summed E-state index contributed by atoms with van der Waals surface area (Å²) in [6.45, 7) is 3.83. The van der Waals surface area contributed by atoms with E-state index in [9.17, 15) is 19.7 Å². The third-order valence-corrected chi connectivity index (χ3v) is 7.67. The molecule has 11 nitrogen and oxygen atoms in total. The lowest BCUT2D eigenvalue weighted by Crippen LogP contribution is -2.33. The van der Waals surface area contributed by atoms with Crippen LogP contribution in [0.25, 0.3) is 11.3 Å². The third kappa shape index (κ3) is 6.99. The zero-order valence-corrected chi connectivity index (χ0v) is 23.5. The molecule has 14 heteroatoms. The monoisotopic (exact) mass is 585 g/mol. The standard InChI is InChI=1S/C25H24ClN7O4S2/c1-14(2)21(29-23(35)16-5-4-6-18(11-16)33(36)37)22-30-31-25(32(22)3)39-13-20(34)28-24-27-19(12-38-24)15-7-9-17(26)10-8-15/h4-12,14,21H,13H2,1-3H3,(H,29,35)(H,27,28,34)/t21-/m0/s1. The SMILES string of the molecule is CC(C)[C@H](NC(=O)c1cccc([N+](=O)[O-])c1)c1nnc(SCC(=O)Nc2nc(-c3ccc(Cl)cc3)cs2)n1C. The summed E-state index contributed by atoms with van der Waals surface area (Å²) < 4.78 is 1.72. The fourth-order valence-corrected chi connectivity index (χ4v) is 5.19. The summed E-state index contributed by atoms with van der Waals surface area (Å²) in [5, 5.41) is 28.7. The molecule has 0 saturated heterocycles. The van der Waals surface area contributed by atoms with Crippen LogP contribution in [0.3, 0.4) is 0 Å². The number of nitro groups is 1. The number of rotatable bonds is 10. The second-order valence-electron chi connectivity index (χ2n) is 8.78. The molecule has 39 heavy (non-hydrogen) atoms. The van der Waals surface area contributed by atoms with E-state index in [4.69, 9.17) is 11.6 Å². The molecule has 0 unspecified atom stereocenters. The molecule has 0 aliphatic carbocycles. The van der Waals surface area contributed by atoms with Gasteiger partial charge in [0, 0.05) is 40.7 Å². The van der Waals surface area contributed by atoms with Crippen LogP contribution in [0.4, 0.5) is 10.8 Å². The summed E-state index contributed by atoms with van der Waals surface area (Å²) in [5.41, 5.74) is 1.64. The van der Waals surface area contributed by atoms with E-state index in [0.29, 0.717) is 21.1 Å². The molecule has 0 saturated carbocycles. The van der Waals surface area contributed by atoms with Crippen molar-refractivity contribution in [1.82, 2.24) is 25.1 Å². The number of aromatic nitrogens is 4. The van der Waals surface area contributed by atoms with Gasteiger partial charge in [0.15, 0.2) is 16.1 Å². The number of carbonyl (C=O) groups is 2. The molecule has 0 bridgehead atoms. The van der Waals surface area contributed by atoms with Crippen LogP contribution in [-0.4, -0.2) is 42.2 Å². The number of hydrogen-bond acceptors (Lipinski definition) is 9. The highest BCUT2D eigenvalue weighted by molar-refractivity contribution is 7.99. The molecule has 0 radical (unpaired) electrons. The maximum atomic E-state index is 12.9. The number of anilines is 1. The van der Waals surface area contributed by atoms with Crippen LogP contribution in [0.5, 0.6) is 0 Å². The predicted octanol–water partition coefficient (Wildman–Crippen LogP) is 5.36. The van der Waals surface area contributed by atoms with Crippen LogP contribution < -0.4 is 10.6 Å². The maximum absolute atomic E-state index is 12.9. The fourth-order valence-electron chi connectivity index (χ4n) is 3.61. The van der Waals surface area contributed by atoms with Crippen LogP contribution in [0.15, 0.2) is 59.1 Å². The molecule has 4 aromatic rings. The van der Waals surface area contributed by atoms with E-state index < -0.39 is 16.9 Å². The first-order valence-electron chi connectivity index (χ1n) is 11.7. The second kappa shape index (κ2) is 12.4. The topological polar surface area (TPSA) is 145 Å². The number of amides is 2. The maximum Gasteiger partial charge on any atom is 0.270 e. The number of thiazole rings is 1. The molecule has 0 aliphatic heterocycles. The van der Waals surface area contributed by atoms with Crippen LogP contribution in [-0.2, 0) is 11.8 Å². The lowest BCUT2D eigenvalue weighted by atomic mass is 10.0. The van der Waals surface area contributed by atoms with Crippen molar-refractivity contribution in [2.24, 2.45) is 13.0 Å². The number of non-ortho nitro benzene ring substituents is 1. The average Bonchev–Trinajstić information content (AvgIpc) is 3.52. The number of nitrogens with one attached hydrogen (secondary N) is 2. The lowest BCUT2D eigenvalue weighted by Gasteiger charge is -2.21. The van der Waals surface area contributed by atoms with Gasteiger partial charge in [-0.05, 0) is 24.1 Å². The molecular weight excluding hydrogens is 562 g/mol. The zero-order chi connectivity index (χ0) is 28.1. The molecule has 2 heterocycles. The van der Waals surface area contributed by atoms with E-state index in [-0.39, 0.29) is 28.8 Å². The zero-order valence-electron chi connectivity index (χ0n) is 21.1. The first kappa shape index (κ1) is 28.2. The van der Waals surface area contributed by atoms with Crippen molar-refractivity contribution in [3.8, 4) is 11.3 Å². The quantitative estimate of drug-likeness (QED) is 0.144. The van der Waals surface area contributed by atoms with Gasteiger partial charge in [-0.15, -0.1) is 21.5 Å². The summed E-state index contributed by atoms with van der Waals surface area (Å²) in [5.74, 6) is -0.194. The normalized spacial score (nSPS) is 11.8. The van der Waals surface area contributed by atoms with Crippen LogP contribution in [0.1, 0.15) is 36.1 Å². The van der Waals surface area contributed by atoms with Crippen molar-refractivity contribution in [3.05, 3.63) is 80.4 Å². The lowest BCUT2D eigenvalue weighted by molar-refractivity contribution is -0.384. The predicted molar refractivity (Wildman–Crippen MR) is 151 cm³/mol. The summed E-state index contributed by atoms with van der Waals surface area (Å²) in [6.07, 6.45) is 0. The van der Waals surface area contributed by atoms with Gasteiger partial charge in [-0.3, -0.25) is 19.7 Å². The minimum absolute atomic E-state index is 0.0589. The van der Waals surface area contributed by atoms with Gasteiger partial charge in [0.25, 0.3) is 11.6 Å². The van der Waals surface area contributed by atoms with Gasteiger partial charge in [0.05, 0.1) is 22.4 Å². The fraction of sp³-hybridized carbons (Fsp3) is 0.240. The smallest absolute Gasteiger partial charge is 0.270 e. The Morgan fingerprint density at radius 3 is 2.62 bits per heavy atom. The molecule has 0 spiro atoms. The summed E-state index contributed by atoms with van der Waals surface area (Å²) in [4.78, 5) is 40.4. The molecule has 202 valence electrons. The van der Waals surface area contributed by atoms with E-state index in [1.165, 1.54) is 47.4 Å². The minimum atomic E-state index is -0.549. The molecule has 0 aliphatic rings. The van der Waals surface area contributed by atoms with E-state index in [0.717, 1.165) is 11.3 Å². The third-order valence-electron chi connectivity index (χ3n) is 5.64. The van der Waals surface area contributed by atoms with Gasteiger partial charge >= 0.3 is 0 Å². The van der Waals surface area contributed by atoms with Crippen LogP contribution in [0, 0.1) is 16.0 Å². The Kier molecular flexibility index (Phi) is 8.94. The van der Waals surface area contributed by atoms with Crippen molar-refractivity contribution in [3.63, 3.8) is 0 Å². The van der Waals surface area contributed by atoms with Crippen molar-refractivity contribution in [2.75, 3.05) is 11.1 Å². The highest BCUT2D eigenvalue weighted by Crippen LogP contribution is 2.27.